The Morgan fingerprint density at radius 3 is 2.57 bits per heavy atom. The Morgan fingerprint density at radius 1 is 1.30 bits per heavy atom. The van der Waals surface area contributed by atoms with E-state index in [1.54, 1.807) is 12.1 Å². The van der Waals surface area contributed by atoms with Crippen molar-refractivity contribution in [3.05, 3.63) is 29.8 Å². The number of amides is 2. The number of ether oxygens (including phenoxy) is 1. The van der Waals surface area contributed by atoms with E-state index in [1.807, 2.05) is 19.1 Å². The summed E-state index contributed by atoms with van der Waals surface area (Å²) in [6, 6.07) is 6.88. The van der Waals surface area contributed by atoms with Crippen molar-refractivity contribution >= 4 is 11.7 Å². The molecule has 0 radical (unpaired) electrons. The fourth-order valence-corrected chi connectivity index (χ4v) is 2.58. The van der Waals surface area contributed by atoms with Crippen LogP contribution in [0.5, 0.6) is 0 Å². The van der Waals surface area contributed by atoms with Crippen LogP contribution in [0.25, 0.3) is 0 Å². The van der Waals surface area contributed by atoms with Crippen LogP contribution in [0.2, 0.25) is 0 Å². The number of likely N-dealkylation sites (tertiary alicyclic amines) is 1. The highest BCUT2D eigenvalue weighted by atomic mass is 19.4. The molecule has 1 saturated heterocycles. The fraction of sp³-hybridized carbons (Fsp3) is 0.562. The molecule has 1 aromatic carbocycles. The normalized spacial score (nSPS) is 16.4. The number of benzene rings is 1. The van der Waals surface area contributed by atoms with Crippen molar-refractivity contribution in [1.29, 1.82) is 0 Å². The molecule has 1 heterocycles. The highest BCUT2D eigenvalue weighted by Crippen LogP contribution is 2.34. The standard InChI is InChI=1S/C16H21F3N2O2/c1-2-23-11-12-5-3-4-6-14(12)20-15(22)21-9-7-13(8-10-21)16(17,18)19/h3-6,13H,2,7-11H2,1H3,(H,20,22). The van der Waals surface area contributed by atoms with E-state index in [2.05, 4.69) is 5.32 Å². The minimum absolute atomic E-state index is 0.0441. The van der Waals surface area contributed by atoms with Crippen molar-refractivity contribution in [3.63, 3.8) is 0 Å². The first-order valence-corrected chi connectivity index (χ1v) is 7.70. The Labute approximate surface area is 133 Å². The van der Waals surface area contributed by atoms with Crippen molar-refractivity contribution in [2.45, 2.75) is 32.5 Å². The van der Waals surface area contributed by atoms with E-state index >= 15 is 0 Å². The minimum atomic E-state index is -4.17. The first-order chi connectivity index (χ1) is 10.9. The number of alkyl halides is 3. The van der Waals surface area contributed by atoms with Gasteiger partial charge in [-0.15, -0.1) is 0 Å². The van der Waals surface area contributed by atoms with Gasteiger partial charge in [0.1, 0.15) is 0 Å². The number of carbonyl (C=O) groups is 1. The number of piperidine rings is 1. The van der Waals surface area contributed by atoms with Gasteiger partial charge in [0.25, 0.3) is 0 Å². The zero-order valence-corrected chi connectivity index (χ0v) is 13.0. The third-order valence-corrected chi connectivity index (χ3v) is 3.97. The van der Waals surface area contributed by atoms with Gasteiger partial charge in [0.2, 0.25) is 0 Å². The molecule has 0 bridgehead atoms. The van der Waals surface area contributed by atoms with Crippen LogP contribution in [-0.4, -0.2) is 36.8 Å². The summed E-state index contributed by atoms with van der Waals surface area (Å²) in [5.41, 5.74) is 1.47. The van der Waals surface area contributed by atoms with E-state index < -0.39 is 12.1 Å². The molecule has 2 rings (SSSR count). The Kier molecular flexibility index (Phi) is 5.87. The lowest BCUT2D eigenvalue weighted by Crippen LogP contribution is -2.44. The maximum absolute atomic E-state index is 12.7. The molecule has 1 aliphatic heterocycles. The second kappa shape index (κ2) is 7.68. The largest absolute Gasteiger partial charge is 0.391 e. The van der Waals surface area contributed by atoms with Crippen molar-refractivity contribution < 1.29 is 22.7 Å². The average Bonchev–Trinajstić information content (AvgIpc) is 2.53. The van der Waals surface area contributed by atoms with Gasteiger partial charge < -0.3 is 15.0 Å². The highest BCUT2D eigenvalue weighted by Gasteiger charge is 2.41. The topological polar surface area (TPSA) is 41.6 Å². The van der Waals surface area contributed by atoms with Crippen LogP contribution >= 0.6 is 0 Å². The van der Waals surface area contributed by atoms with Gasteiger partial charge in [-0.3, -0.25) is 0 Å². The monoisotopic (exact) mass is 330 g/mol. The maximum atomic E-state index is 12.7. The first-order valence-electron chi connectivity index (χ1n) is 7.70. The van der Waals surface area contributed by atoms with Gasteiger partial charge in [0.15, 0.2) is 0 Å². The number of hydrogen-bond donors (Lipinski definition) is 1. The molecule has 0 saturated carbocycles. The Bertz CT molecular complexity index is 526. The van der Waals surface area contributed by atoms with E-state index in [9.17, 15) is 18.0 Å². The van der Waals surface area contributed by atoms with Crippen LogP contribution < -0.4 is 5.32 Å². The molecule has 1 aromatic rings. The van der Waals surface area contributed by atoms with E-state index in [4.69, 9.17) is 4.74 Å². The number of para-hydroxylation sites is 1. The predicted molar refractivity (Wildman–Crippen MR) is 81.1 cm³/mol. The second-order valence-corrected chi connectivity index (χ2v) is 5.53. The highest BCUT2D eigenvalue weighted by molar-refractivity contribution is 5.90. The molecular formula is C16H21F3N2O2. The quantitative estimate of drug-likeness (QED) is 0.905. The van der Waals surface area contributed by atoms with Crippen LogP contribution in [0.1, 0.15) is 25.3 Å². The van der Waals surface area contributed by atoms with Crippen LogP contribution in [0.4, 0.5) is 23.7 Å². The summed E-state index contributed by atoms with van der Waals surface area (Å²) in [6.07, 6.45) is -4.26. The maximum Gasteiger partial charge on any atom is 0.391 e. The molecule has 0 spiro atoms. The minimum Gasteiger partial charge on any atom is -0.377 e. The molecule has 4 nitrogen and oxygen atoms in total. The smallest absolute Gasteiger partial charge is 0.377 e. The van der Waals surface area contributed by atoms with Gasteiger partial charge in [-0.2, -0.15) is 13.2 Å². The Hall–Kier alpha value is -1.76. The van der Waals surface area contributed by atoms with E-state index in [1.165, 1.54) is 4.90 Å². The SMILES string of the molecule is CCOCc1ccccc1NC(=O)N1CCC(C(F)(F)F)CC1. The van der Waals surface area contributed by atoms with Gasteiger partial charge in [-0.1, -0.05) is 18.2 Å². The molecule has 23 heavy (non-hydrogen) atoms. The van der Waals surface area contributed by atoms with E-state index in [0.29, 0.717) is 18.9 Å². The van der Waals surface area contributed by atoms with E-state index in [-0.39, 0.29) is 32.0 Å². The van der Waals surface area contributed by atoms with Gasteiger partial charge in [-0.25, -0.2) is 4.79 Å². The van der Waals surface area contributed by atoms with Gasteiger partial charge in [0.05, 0.1) is 12.5 Å². The lowest BCUT2D eigenvalue weighted by Gasteiger charge is -2.33. The third kappa shape index (κ3) is 4.86. The van der Waals surface area contributed by atoms with Crippen LogP contribution in [-0.2, 0) is 11.3 Å². The van der Waals surface area contributed by atoms with Crippen molar-refractivity contribution in [2.24, 2.45) is 5.92 Å². The van der Waals surface area contributed by atoms with Crippen LogP contribution in [0.3, 0.4) is 0 Å². The molecule has 0 unspecified atom stereocenters. The molecule has 128 valence electrons. The molecule has 1 aliphatic rings. The fourth-order valence-electron chi connectivity index (χ4n) is 2.58. The van der Waals surface area contributed by atoms with Crippen LogP contribution in [0, 0.1) is 5.92 Å². The summed E-state index contributed by atoms with van der Waals surface area (Å²) in [4.78, 5) is 13.7. The summed E-state index contributed by atoms with van der Waals surface area (Å²) < 4.78 is 43.3. The molecule has 1 fully saturated rings. The Balaban J connectivity index is 1.93. The predicted octanol–water partition coefficient (Wildman–Crippen LogP) is 4.03. The van der Waals surface area contributed by atoms with Gasteiger partial charge >= 0.3 is 12.2 Å². The number of urea groups is 1. The number of nitrogens with one attached hydrogen (secondary N) is 1. The zero-order valence-electron chi connectivity index (χ0n) is 13.0. The number of carbonyl (C=O) groups excluding carboxylic acids is 1. The zero-order chi connectivity index (χ0) is 16.9. The Morgan fingerprint density at radius 2 is 1.96 bits per heavy atom. The van der Waals surface area contributed by atoms with Crippen molar-refractivity contribution in [1.82, 2.24) is 4.90 Å². The molecular weight excluding hydrogens is 309 g/mol. The molecule has 0 aromatic heterocycles. The lowest BCUT2D eigenvalue weighted by molar-refractivity contribution is -0.183. The van der Waals surface area contributed by atoms with Crippen molar-refractivity contribution in [2.75, 3.05) is 25.0 Å². The summed E-state index contributed by atoms with van der Waals surface area (Å²) in [7, 11) is 0. The average molecular weight is 330 g/mol. The van der Waals surface area contributed by atoms with Gasteiger partial charge in [-0.05, 0) is 25.8 Å². The summed E-state index contributed by atoms with van der Waals surface area (Å²) in [5, 5.41) is 2.77. The molecule has 2 amide bonds. The summed E-state index contributed by atoms with van der Waals surface area (Å²) >= 11 is 0. The summed E-state index contributed by atoms with van der Waals surface area (Å²) in [5.74, 6) is -1.31. The number of nitrogens with zero attached hydrogens (tertiary/aromatic N) is 1. The summed E-state index contributed by atoms with van der Waals surface area (Å²) in [6.45, 7) is 3.05. The third-order valence-electron chi connectivity index (χ3n) is 3.97. The number of halogens is 3. The first kappa shape index (κ1) is 17.6. The van der Waals surface area contributed by atoms with Crippen LogP contribution in [0.15, 0.2) is 24.3 Å². The van der Waals surface area contributed by atoms with Gasteiger partial charge in [0, 0.05) is 30.9 Å². The number of hydrogen-bond acceptors (Lipinski definition) is 2. The number of anilines is 1. The molecule has 1 N–H and O–H groups in total. The molecule has 7 heteroatoms. The number of rotatable bonds is 4. The second-order valence-electron chi connectivity index (χ2n) is 5.53. The molecule has 0 aliphatic carbocycles. The van der Waals surface area contributed by atoms with E-state index in [0.717, 1.165) is 5.56 Å². The lowest BCUT2D eigenvalue weighted by atomic mass is 9.96. The van der Waals surface area contributed by atoms with Crippen molar-refractivity contribution in [3.8, 4) is 0 Å². The molecule has 0 atom stereocenters.